The molecular formula is C22H19F2N3O4S. The molecule has 2 aliphatic rings. The van der Waals surface area contributed by atoms with Gasteiger partial charge in [0.25, 0.3) is 0 Å². The summed E-state index contributed by atoms with van der Waals surface area (Å²) in [5.41, 5.74) is 1.04. The lowest BCUT2D eigenvalue weighted by atomic mass is 10.0. The third-order valence-electron chi connectivity index (χ3n) is 5.93. The largest absolute Gasteiger partial charge is 0.444 e. The van der Waals surface area contributed by atoms with Gasteiger partial charge in [0, 0.05) is 42.3 Å². The normalized spacial score (nSPS) is 17.9. The maximum atomic E-state index is 13.9. The highest BCUT2D eigenvalue weighted by atomic mass is 32.2. The van der Waals surface area contributed by atoms with Crippen LogP contribution in [0, 0.1) is 11.6 Å². The third-order valence-corrected chi connectivity index (χ3v) is 7.86. The molecule has 0 N–H and O–H groups in total. The van der Waals surface area contributed by atoms with Crippen molar-refractivity contribution in [2.75, 3.05) is 18.0 Å². The number of anilines is 1. The number of rotatable bonds is 3. The lowest BCUT2D eigenvalue weighted by Gasteiger charge is -2.39. The van der Waals surface area contributed by atoms with Gasteiger partial charge in [0.1, 0.15) is 11.5 Å². The summed E-state index contributed by atoms with van der Waals surface area (Å²) in [5.74, 6) is -2.06. The number of fused-ring (bicyclic) bond motifs is 2. The van der Waals surface area contributed by atoms with Crippen molar-refractivity contribution >= 4 is 32.7 Å². The van der Waals surface area contributed by atoms with Crippen LogP contribution in [0.15, 0.2) is 53.6 Å². The Morgan fingerprint density at radius 1 is 1.03 bits per heavy atom. The molecule has 10 heteroatoms. The van der Waals surface area contributed by atoms with Crippen molar-refractivity contribution in [2.45, 2.75) is 30.4 Å². The molecule has 0 saturated carbocycles. The number of halogens is 2. The predicted molar refractivity (Wildman–Crippen MR) is 113 cm³/mol. The standard InChI is InChI=1S/C22H19F2N3O4S/c23-17-11-15-13-31-22(28)27(19(15)12-18(17)24)16-6-9-26(10-7-16)32(29,30)20-5-1-3-14-4-2-8-25-21(14)20/h1-5,8,11-12,16H,6-7,9-10,13H2. The van der Waals surface area contributed by atoms with E-state index < -0.39 is 33.8 Å². The summed E-state index contributed by atoms with van der Waals surface area (Å²) in [7, 11) is -3.80. The van der Waals surface area contributed by atoms with Crippen LogP contribution < -0.4 is 4.90 Å². The minimum Gasteiger partial charge on any atom is -0.444 e. The second kappa shape index (κ2) is 7.79. The van der Waals surface area contributed by atoms with Gasteiger partial charge in [-0.1, -0.05) is 18.2 Å². The molecule has 2 aliphatic heterocycles. The summed E-state index contributed by atoms with van der Waals surface area (Å²) in [6, 6.07) is 10.2. The van der Waals surface area contributed by atoms with Gasteiger partial charge in [0.2, 0.25) is 10.0 Å². The lowest BCUT2D eigenvalue weighted by molar-refractivity contribution is 0.135. The van der Waals surface area contributed by atoms with E-state index in [1.807, 2.05) is 0 Å². The van der Waals surface area contributed by atoms with Gasteiger partial charge in [-0.05, 0) is 31.0 Å². The molecule has 1 fully saturated rings. The zero-order valence-corrected chi connectivity index (χ0v) is 17.7. The topological polar surface area (TPSA) is 79.8 Å². The van der Waals surface area contributed by atoms with Crippen LogP contribution in [0.4, 0.5) is 19.3 Å². The second-order valence-electron chi connectivity index (χ2n) is 7.79. The molecule has 1 amide bonds. The number of ether oxygens (including phenoxy) is 1. The number of sulfonamides is 1. The number of pyridine rings is 1. The van der Waals surface area contributed by atoms with E-state index in [0.29, 0.717) is 23.9 Å². The molecule has 0 bridgehead atoms. The number of carbonyl (C=O) groups excluding carboxylic acids is 1. The van der Waals surface area contributed by atoms with Gasteiger partial charge in [-0.15, -0.1) is 0 Å². The Balaban J connectivity index is 1.40. The summed E-state index contributed by atoms with van der Waals surface area (Å²) in [5, 5.41) is 0.727. The van der Waals surface area contributed by atoms with Gasteiger partial charge in [-0.3, -0.25) is 9.88 Å². The number of benzene rings is 2. The molecule has 7 nitrogen and oxygen atoms in total. The number of carbonyl (C=O) groups is 1. The van der Waals surface area contributed by atoms with Crippen LogP contribution in [0.3, 0.4) is 0 Å². The lowest BCUT2D eigenvalue weighted by Crippen LogP contribution is -2.50. The molecule has 0 radical (unpaired) electrons. The van der Waals surface area contributed by atoms with Gasteiger partial charge in [0.15, 0.2) is 11.6 Å². The summed E-state index contributed by atoms with van der Waals surface area (Å²) in [6.45, 7) is 0.196. The Hall–Kier alpha value is -3.11. The predicted octanol–water partition coefficient (Wildman–Crippen LogP) is 3.82. The van der Waals surface area contributed by atoms with E-state index >= 15 is 0 Å². The molecule has 3 aromatic rings. The smallest absolute Gasteiger partial charge is 0.414 e. The minimum absolute atomic E-state index is 0.134. The van der Waals surface area contributed by atoms with Crippen LogP contribution in [-0.2, 0) is 21.4 Å². The van der Waals surface area contributed by atoms with Crippen molar-refractivity contribution in [3.63, 3.8) is 0 Å². The molecule has 32 heavy (non-hydrogen) atoms. The Labute approximate surface area is 183 Å². The van der Waals surface area contributed by atoms with Crippen molar-refractivity contribution in [2.24, 2.45) is 0 Å². The number of aromatic nitrogens is 1. The number of para-hydroxylation sites is 1. The van der Waals surface area contributed by atoms with E-state index in [2.05, 4.69) is 4.98 Å². The molecule has 3 heterocycles. The maximum Gasteiger partial charge on any atom is 0.414 e. The zero-order valence-electron chi connectivity index (χ0n) is 16.9. The van der Waals surface area contributed by atoms with Crippen LogP contribution >= 0.6 is 0 Å². The summed E-state index contributed by atoms with van der Waals surface area (Å²) >= 11 is 0. The second-order valence-corrected chi connectivity index (χ2v) is 9.69. The molecule has 1 saturated heterocycles. The Morgan fingerprint density at radius 3 is 2.53 bits per heavy atom. The first-order valence-corrected chi connectivity index (χ1v) is 11.6. The molecular weight excluding hydrogens is 440 g/mol. The molecule has 1 aromatic heterocycles. The van der Waals surface area contributed by atoms with Crippen molar-refractivity contribution in [3.8, 4) is 0 Å². The number of cyclic esters (lactones) is 1. The van der Waals surface area contributed by atoms with E-state index in [1.165, 1.54) is 15.3 Å². The van der Waals surface area contributed by atoms with Crippen molar-refractivity contribution < 1.29 is 26.7 Å². The van der Waals surface area contributed by atoms with Crippen LogP contribution in [-0.4, -0.2) is 42.9 Å². The Morgan fingerprint density at radius 2 is 1.75 bits per heavy atom. The molecule has 0 atom stereocenters. The van der Waals surface area contributed by atoms with E-state index in [-0.39, 0.29) is 30.3 Å². The molecule has 0 spiro atoms. The van der Waals surface area contributed by atoms with Crippen molar-refractivity contribution in [3.05, 3.63) is 65.9 Å². The summed E-state index contributed by atoms with van der Waals surface area (Å²) in [4.78, 5) is 18.1. The van der Waals surface area contributed by atoms with Gasteiger partial charge in [-0.25, -0.2) is 22.0 Å². The summed E-state index contributed by atoms with van der Waals surface area (Å²) < 4.78 is 60.6. The Kier molecular flexibility index (Phi) is 5.06. The first kappa shape index (κ1) is 20.8. The van der Waals surface area contributed by atoms with E-state index in [9.17, 15) is 22.0 Å². The molecule has 2 aromatic carbocycles. The first-order chi connectivity index (χ1) is 15.4. The van der Waals surface area contributed by atoms with Crippen LogP contribution in [0.5, 0.6) is 0 Å². The average molecular weight is 459 g/mol. The highest BCUT2D eigenvalue weighted by Gasteiger charge is 2.38. The fourth-order valence-electron chi connectivity index (χ4n) is 4.33. The number of hydrogen-bond acceptors (Lipinski definition) is 5. The highest BCUT2D eigenvalue weighted by Crippen LogP contribution is 2.34. The van der Waals surface area contributed by atoms with Crippen molar-refractivity contribution in [1.82, 2.24) is 9.29 Å². The summed E-state index contributed by atoms with van der Waals surface area (Å²) in [6.07, 6.45) is 1.55. The van der Waals surface area contributed by atoms with Gasteiger partial charge >= 0.3 is 6.09 Å². The quantitative estimate of drug-likeness (QED) is 0.595. The van der Waals surface area contributed by atoms with Gasteiger partial charge in [-0.2, -0.15) is 4.31 Å². The third kappa shape index (κ3) is 3.39. The number of hydrogen-bond donors (Lipinski definition) is 0. The van der Waals surface area contributed by atoms with Crippen LogP contribution in [0.2, 0.25) is 0 Å². The van der Waals surface area contributed by atoms with E-state index in [4.69, 9.17) is 4.74 Å². The monoisotopic (exact) mass is 459 g/mol. The molecule has 166 valence electrons. The molecule has 5 rings (SSSR count). The number of piperidine rings is 1. The maximum absolute atomic E-state index is 13.9. The number of amides is 1. The Bertz CT molecular complexity index is 1320. The fraction of sp³-hybridized carbons (Fsp3) is 0.273. The van der Waals surface area contributed by atoms with Gasteiger partial charge in [0.05, 0.1) is 11.2 Å². The van der Waals surface area contributed by atoms with Crippen molar-refractivity contribution in [1.29, 1.82) is 0 Å². The molecule has 0 unspecified atom stereocenters. The van der Waals surface area contributed by atoms with E-state index in [0.717, 1.165) is 17.5 Å². The molecule has 0 aliphatic carbocycles. The zero-order chi connectivity index (χ0) is 22.5. The van der Waals surface area contributed by atoms with E-state index in [1.54, 1.807) is 30.5 Å². The van der Waals surface area contributed by atoms with Crippen LogP contribution in [0.1, 0.15) is 18.4 Å². The first-order valence-electron chi connectivity index (χ1n) is 10.1. The number of nitrogens with zero attached hydrogens (tertiary/aromatic N) is 3. The van der Waals surface area contributed by atoms with Gasteiger partial charge < -0.3 is 4.74 Å². The highest BCUT2D eigenvalue weighted by molar-refractivity contribution is 7.89. The van der Waals surface area contributed by atoms with Crippen LogP contribution in [0.25, 0.3) is 10.9 Å². The SMILES string of the molecule is O=C1OCc2cc(F)c(F)cc2N1C1CCN(S(=O)(=O)c2cccc3cccnc23)CC1. The average Bonchev–Trinajstić information content (AvgIpc) is 2.80. The fourth-order valence-corrected chi connectivity index (χ4v) is 5.97. The minimum atomic E-state index is -3.80.